The molecule has 0 aliphatic heterocycles. The molecule has 0 aliphatic carbocycles. The van der Waals surface area contributed by atoms with E-state index in [1.165, 1.54) is 0 Å². The van der Waals surface area contributed by atoms with Gasteiger partial charge in [0, 0.05) is 26.2 Å². The van der Waals surface area contributed by atoms with Gasteiger partial charge in [0.1, 0.15) is 0 Å². The van der Waals surface area contributed by atoms with E-state index in [1.807, 2.05) is 91.0 Å². The van der Waals surface area contributed by atoms with Gasteiger partial charge in [-0.15, -0.1) is 30.3 Å². The van der Waals surface area contributed by atoms with Crippen LogP contribution in [0.2, 0.25) is 0 Å². The van der Waals surface area contributed by atoms with Crippen molar-refractivity contribution in [1.82, 2.24) is 0 Å². The molecule has 138 valence electrons. The summed E-state index contributed by atoms with van der Waals surface area (Å²) in [6.45, 7) is 0. The van der Waals surface area contributed by atoms with Crippen molar-refractivity contribution < 1.29 is 25.2 Å². The fourth-order valence-corrected chi connectivity index (χ4v) is 2.39. The summed E-state index contributed by atoms with van der Waals surface area (Å²) in [6, 6.07) is 42.0. The van der Waals surface area contributed by atoms with Gasteiger partial charge in [0.25, 0.3) is 0 Å². The zero-order chi connectivity index (χ0) is 18.0. The van der Waals surface area contributed by atoms with E-state index in [-0.39, 0.29) is 20.4 Å². The van der Waals surface area contributed by atoms with Crippen LogP contribution in [-0.4, -0.2) is 7.11 Å². The normalized spacial score (nSPS) is 9.37. The number of benzene rings is 4. The molecule has 0 heterocycles. The molecule has 0 saturated carbocycles. The maximum atomic E-state index is 5.06. The molecule has 2 heteroatoms. The van der Waals surface area contributed by atoms with Crippen molar-refractivity contribution in [1.29, 1.82) is 0 Å². The number of methoxy groups -OCH3 is 1. The van der Waals surface area contributed by atoms with E-state index in [1.54, 1.807) is 7.11 Å². The first kappa shape index (κ1) is 20.7. The first-order valence-electron chi connectivity index (χ1n) is 8.33. The Bertz CT molecular complexity index is 852. The molecule has 0 amide bonds. The molecule has 27 heavy (non-hydrogen) atoms. The Labute approximate surface area is 175 Å². The molecule has 0 unspecified atom stereocenters. The van der Waals surface area contributed by atoms with E-state index in [0.717, 1.165) is 28.0 Å². The van der Waals surface area contributed by atoms with Gasteiger partial charge in [-0.3, -0.25) is 0 Å². The Morgan fingerprint density at radius 2 is 1.00 bits per heavy atom. The zero-order valence-corrected chi connectivity index (χ0v) is 16.4. The van der Waals surface area contributed by atoms with Gasteiger partial charge in [-0.1, -0.05) is 0 Å². The first-order chi connectivity index (χ1) is 12.9. The number of hydrogen-bond acceptors (Lipinski definition) is 1. The smallest absolute Gasteiger partial charge is 0.0647 e. The van der Waals surface area contributed by atoms with Gasteiger partial charge < -0.3 is 4.74 Å². The SMILES string of the molecule is COc1c[c-]c(-c2[c-]cccc2)cc1.[Pd].[c-]1ccccc1-c1[c-]cccc1. The zero-order valence-electron chi connectivity index (χ0n) is 14.9. The maximum absolute atomic E-state index is 5.06. The molecule has 0 saturated heterocycles. The van der Waals surface area contributed by atoms with Crippen molar-refractivity contribution in [3.63, 3.8) is 0 Å². The van der Waals surface area contributed by atoms with E-state index >= 15 is 0 Å². The van der Waals surface area contributed by atoms with Crippen LogP contribution in [-0.2, 0) is 20.4 Å². The van der Waals surface area contributed by atoms with Crippen molar-refractivity contribution in [3.05, 3.63) is 115 Å². The summed E-state index contributed by atoms with van der Waals surface area (Å²) in [6.07, 6.45) is 0. The molecule has 0 fully saturated rings. The standard InChI is InChI=1S/C13H10O.C12H8.Pd/c1-14-13-9-7-12(8-10-13)11-5-3-2-4-6-11;1-3-7-11(8-4-1)12-9-5-2-6-10-12;/h2-5,7,9-10H,1H3;1-7,9H;/q2*-2;. The fourth-order valence-electron chi connectivity index (χ4n) is 2.39. The largest absolute Gasteiger partial charge is 0.540 e. The second kappa shape index (κ2) is 11.1. The van der Waals surface area contributed by atoms with Crippen LogP contribution in [0.15, 0.2) is 91.0 Å². The van der Waals surface area contributed by atoms with E-state index in [9.17, 15) is 0 Å². The molecule has 0 bridgehead atoms. The number of ether oxygens (including phenoxy) is 1. The van der Waals surface area contributed by atoms with Gasteiger partial charge in [0.2, 0.25) is 0 Å². The molecule has 0 aromatic heterocycles. The Morgan fingerprint density at radius 3 is 1.30 bits per heavy atom. The van der Waals surface area contributed by atoms with Crippen LogP contribution in [0, 0.1) is 24.3 Å². The predicted octanol–water partition coefficient (Wildman–Crippen LogP) is 5.91. The summed E-state index contributed by atoms with van der Waals surface area (Å²) >= 11 is 0. The van der Waals surface area contributed by atoms with Crippen molar-refractivity contribution >= 4 is 0 Å². The average molecular weight is 441 g/mol. The fraction of sp³-hybridized carbons (Fsp3) is 0.0400. The van der Waals surface area contributed by atoms with E-state index < -0.39 is 0 Å². The molecule has 4 rings (SSSR count). The Balaban J connectivity index is 0.000000189. The molecule has 4 aromatic rings. The second-order valence-corrected chi connectivity index (χ2v) is 5.47. The summed E-state index contributed by atoms with van der Waals surface area (Å²) in [5, 5.41) is 0. The summed E-state index contributed by atoms with van der Waals surface area (Å²) in [7, 11) is 1.65. The molecular weight excluding hydrogens is 423 g/mol. The van der Waals surface area contributed by atoms with Crippen LogP contribution < -0.4 is 4.74 Å². The third kappa shape index (κ3) is 6.22. The van der Waals surface area contributed by atoms with Crippen LogP contribution in [0.4, 0.5) is 0 Å². The van der Waals surface area contributed by atoms with Crippen molar-refractivity contribution in [2.45, 2.75) is 0 Å². The molecule has 1 nitrogen and oxygen atoms in total. The summed E-state index contributed by atoms with van der Waals surface area (Å²) < 4.78 is 5.06. The maximum Gasteiger partial charge on any atom is 0.0647 e. The predicted molar refractivity (Wildman–Crippen MR) is 106 cm³/mol. The van der Waals surface area contributed by atoms with Gasteiger partial charge in [-0.25, -0.2) is 22.3 Å². The Morgan fingerprint density at radius 1 is 0.556 bits per heavy atom. The summed E-state index contributed by atoms with van der Waals surface area (Å²) in [5.74, 6) is 0.824. The van der Waals surface area contributed by atoms with Crippen LogP contribution in [0.25, 0.3) is 22.3 Å². The molecular formula is C25H18OPd-4. The van der Waals surface area contributed by atoms with Crippen molar-refractivity contribution in [3.8, 4) is 28.0 Å². The molecule has 0 aliphatic rings. The molecule has 0 atom stereocenters. The molecule has 4 aromatic carbocycles. The number of rotatable bonds is 3. The minimum atomic E-state index is 0. The van der Waals surface area contributed by atoms with E-state index in [0.29, 0.717) is 0 Å². The van der Waals surface area contributed by atoms with Crippen LogP contribution in [0.3, 0.4) is 0 Å². The topological polar surface area (TPSA) is 9.23 Å². The minimum Gasteiger partial charge on any atom is -0.540 e. The minimum absolute atomic E-state index is 0. The van der Waals surface area contributed by atoms with Gasteiger partial charge in [-0.2, -0.15) is 84.9 Å². The third-order valence-corrected chi connectivity index (χ3v) is 3.73. The van der Waals surface area contributed by atoms with Gasteiger partial charge in [0.15, 0.2) is 0 Å². The average Bonchev–Trinajstić information content (AvgIpc) is 2.76. The van der Waals surface area contributed by atoms with Crippen LogP contribution >= 0.6 is 0 Å². The van der Waals surface area contributed by atoms with E-state index in [4.69, 9.17) is 4.74 Å². The van der Waals surface area contributed by atoms with Crippen molar-refractivity contribution in [2.24, 2.45) is 0 Å². The van der Waals surface area contributed by atoms with Gasteiger partial charge in [0.05, 0.1) is 7.11 Å². The number of hydrogen-bond donors (Lipinski definition) is 0. The third-order valence-electron chi connectivity index (χ3n) is 3.73. The Kier molecular flexibility index (Phi) is 8.52. The molecule has 0 radical (unpaired) electrons. The summed E-state index contributed by atoms with van der Waals surface area (Å²) in [4.78, 5) is 0. The van der Waals surface area contributed by atoms with Crippen LogP contribution in [0.5, 0.6) is 5.75 Å². The second-order valence-electron chi connectivity index (χ2n) is 5.47. The van der Waals surface area contributed by atoms with Crippen LogP contribution in [0.1, 0.15) is 0 Å². The quantitative estimate of drug-likeness (QED) is 0.284. The van der Waals surface area contributed by atoms with Gasteiger partial charge >= 0.3 is 0 Å². The van der Waals surface area contributed by atoms with Gasteiger partial charge in [-0.05, 0) is 0 Å². The van der Waals surface area contributed by atoms with E-state index in [2.05, 4.69) is 24.3 Å². The van der Waals surface area contributed by atoms with Crippen molar-refractivity contribution in [2.75, 3.05) is 7.11 Å². The monoisotopic (exact) mass is 440 g/mol. The first-order valence-corrected chi connectivity index (χ1v) is 8.33. The molecule has 0 N–H and O–H groups in total. The molecule has 0 spiro atoms. The summed E-state index contributed by atoms with van der Waals surface area (Å²) in [5.41, 5.74) is 4.28. The Hall–Kier alpha value is -2.66.